The van der Waals surface area contributed by atoms with Crippen LogP contribution >= 0.6 is 15.9 Å². The molecule has 0 spiro atoms. The summed E-state index contributed by atoms with van der Waals surface area (Å²) in [7, 11) is 0. The number of nitrogens with one attached hydrogen (secondary N) is 1. The highest BCUT2D eigenvalue weighted by atomic mass is 79.9. The van der Waals surface area contributed by atoms with Gasteiger partial charge in [0.25, 0.3) is 0 Å². The minimum Gasteiger partial charge on any atom is -0.366 e. The Morgan fingerprint density at radius 2 is 2.12 bits per heavy atom. The quantitative estimate of drug-likeness (QED) is 0.930. The molecule has 1 aromatic rings. The second-order valence-electron chi connectivity index (χ2n) is 4.57. The summed E-state index contributed by atoms with van der Waals surface area (Å²) in [5.74, 6) is -0.631. The summed E-state index contributed by atoms with van der Waals surface area (Å²) in [4.78, 5) is 11.5. The third-order valence-corrected chi connectivity index (χ3v) is 2.50. The predicted octanol–water partition coefficient (Wildman–Crippen LogP) is 3.34. The maximum Gasteiger partial charge on any atom is 0.250 e. The summed E-state index contributed by atoms with van der Waals surface area (Å²) in [6.07, 6.45) is 0. The van der Waals surface area contributed by atoms with E-state index >= 15 is 0 Å². The number of hydrogen-bond donors (Lipinski definition) is 1. The first-order chi connectivity index (χ1) is 7.78. The Morgan fingerprint density at radius 3 is 2.65 bits per heavy atom. The van der Waals surface area contributed by atoms with Crippen molar-refractivity contribution >= 4 is 27.5 Å². The predicted molar refractivity (Wildman–Crippen MR) is 68.4 cm³/mol. The minimum atomic E-state index is -0.364. The van der Waals surface area contributed by atoms with E-state index in [4.69, 9.17) is 4.74 Å². The minimum absolute atomic E-state index is 0.0344. The van der Waals surface area contributed by atoms with Crippen LogP contribution in [0.15, 0.2) is 22.7 Å². The van der Waals surface area contributed by atoms with Gasteiger partial charge in [-0.15, -0.1) is 0 Å². The highest BCUT2D eigenvalue weighted by molar-refractivity contribution is 9.10. The van der Waals surface area contributed by atoms with Gasteiger partial charge in [0.15, 0.2) is 0 Å². The third-order valence-electron chi connectivity index (χ3n) is 1.84. The fourth-order valence-corrected chi connectivity index (χ4v) is 1.51. The van der Waals surface area contributed by atoms with E-state index in [0.717, 1.165) is 0 Å². The van der Waals surface area contributed by atoms with Crippen LogP contribution in [-0.2, 0) is 9.53 Å². The van der Waals surface area contributed by atoms with Crippen LogP contribution in [0.25, 0.3) is 0 Å². The van der Waals surface area contributed by atoms with Gasteiger partial charge in [-0.05, 0) is 54.9 Å². The molecule has 0 heterocycles. The van der Waals surface area contributed by atoms with Crippen molar-refractivity contribution < 1.29 is 13.9 Å². The van der Waals surface area contributed by atoms with Crippen molar-refractivity contribution in [3.8, 4) is 0 Å². The highest BCUT2D eigenvalue weighted by Crippen LogP contribution is 2.23. The Bertz CT molecular complexity index is 415. The van der Waals surface area contributed by atoms with Crippen molar-refractivity contribution in [3.05, 3.63) is 28.5 Å². The van der Waals surface area contributed by atoms with Crippen LogP contribution in [0.3, 0.4) is 0 Å². The molecule has 1 N–H and O–H groups in total. The summed E-state index contributed by atoms with van der Waals surface area (Å²) >= 11 is 3.17. The van der Waals surface area contributed by atoms with E-state index in [1.807, 2.05) is 20.8 Å². The number of anilines is 1. The van der Waals surface area contributed by atoms with Crippen LogP contribution in [0.4, 0.5) is 10.1 Å². The lowest BCUT2D eigenvalue weighted by Crippen LogP contribution is -2.27. The number of hydrogen-bond acceptors (Lipinski definition) is 2. The Balaban J connectivity index is 2.57. The summed E-state index contributed by atoms with van der Waals surface area (Å²) in [6.45, 7) is 5.57. The molecular formula is C12H15BrFNO2. The van der Waals surface area contributed by atoms with Crippen molar-refractivity contribution in [2.24, 2.45) is 0 Å². The van der Waals surface area contributed by atoms with Crippen molar-refractivity contribution in [3.63, 3.8) is 0 Å². The molecule has 0 atom stereocenters. The molecule has 0 aliphatic rings. The molecule has 0 aliphatic carbocycles. The lowest BCUT2D eigenvalue weighted by molar-refractivity contribution is -0.125. The molecule has 1 aromatic carbocycles. The van der Waals surface area contributed by atoms with Gasteiger partial charge in [-0.1, -0.05) is 0 Å². The molecule has 1 amide bonds. The molecule has 0 aliphatic heterocycles. The molecule has 3 nitrogen and oxygen atoms in total. The lowest BCUT2D eigenvalue weighted by atomic mass is 10.2. The molecule has 0 bridgehead atoms. The number of carbonyl (C=O) groups excluding carboxylic acids is 1. The normalized spacial score (nSPS) is 11.4. The molecule has 0 radical (unpaired) electrons. The molecule has 0 fully saturated rings. The van der Waals surface area contributed by atoms with Gasteiger partial charge in [0.1, 0.15) is 12.4 Å². The molecule has 0 saturated heterocycles. The zero-order valence-electron chi connectivity index (χ0n) is 10.0. The van der Waals surface area contributed by atoms with E-state index in [1.54, 1.807) is 0 Å². The number of halogens is 2. The monoisotopic (exact) mass is 303 g/mol. The SMILES string of the molecule is CC(C)(C)OCC(=O)Nc1ccc(F)cc1Br. The molecule has 5 heteroatoms. The van der Waals surface area contributed by atoms with Crippen molar-refractivity contribution in [1.29, 1.82) is 0 Å². The van der Waals surface area contributed by atoms with Crippen LogP contribution in [0.5, 0.6) is 0 Å². The van der Waals surface area contributed by atoms with Crippen molar-refractivity contribution in [2.75, 3.05) is 11.9 Å². The fraction of sp³-hybridized carbons (Fsp3) is 0.417. The first-order valence-electron chi connectivity index (χ1n) is 5.17. The Kier molecular flexibility index (Phi) is 4.65. The van der Waals surface area contributed by atoms with E-state index in [-0.39, 0.29) is 23.9 Å². The number of rotatable bonds is 3. The molecular weight excluding hydrogens is 289 g/mol. The van der Waals surface area contributed by atoms with Gasteiger partial charge < -0.3 is 10.1 Å². The second kappa shape index (κ2) is 5.60. The van der Waals surface area contributed by atoms with E-state index in [0.29, 0.717) is 10.2 Å². The number of carbonyl (C=O) groups is 1. The number of ether oxygens (including phenoxy) is 1. The van der Waals surface area contributed by atoms with Crippen molar-refractivity contribution in [2.45, 2.75) is 26.4 Å². The van der Waals surface area contributed by atoms with Gasteiger partial charge in [0, 0.05) is 4.47 Å². The average Bonchev–Trinajstić information content (AvgIpc) is 2.18. The van der Waals surface area contributed by atoms with Gasteiger partial charge in [0.2, 0.25) is 5.91 Å². The highest BCUT2D eigenvalue weighted by Gasteiger charge is 2.13. The summed E-state index contributed by atoms with van der Waals surface area (Å²) < 4.78 is 18.6. The summed E-state index contributed by atoms with van der Waals surface area (Å²) in [6, 6.07) is 4.07. The molecule has 0 saturated carbocycles. The Morgan fingerprint density at radius 1 is 1.47 bits per heavy atom. The number of benzene rings is 1. The van der Waals surface area contributed by atoms with Crippen molar-refractivity contribution in [1.82, 2.24) is 0 Å². The van der Waals surface area contributed by atoms with Crippen LogP contribution in [0, 0.1) is 5.82 Å². The first-order valence-corrected chi connectivity index (χ1v) is 5.96. The van der Waals surface area contributed by atoms with Gasteiger partial charge in [-0.2, -0.15) is 0 Å². The standard InChI is InChI=1S/C12H15BrFNO2/c1-12(2,3)17-7-11(16)15-10-5-4-8(14)6-9(10)13/h4-6H,7H2,1-3H3,(H,15,16). The average molecular weight is 304 g/mol. The fourth-order valence-electron chi connectivity index (χ4n) is 1.06. The van der Waals surface area contributed by atoms with Crippen LogP contribution < -0.4 is 5.32 Å². The smallest absolute Gasteiger partial charge is 0.250 e. The van der Waals surface area contributed by atoms with E-state index < -0.39 is 0 Å². The zero-order valence-corrected chi connectivity index (χ0v) is 11.6. The maximum atomic E-state index is 12.8. The topological polar surface area (TPSA) is 38.3 Å². The second-order valence-corrected chi connectivity index (χ2v) is 5.43. The molecule has 0 unspecified atom stereocenters. The Labute approximate surface area is 108 Å². The van der Waals surface area contributed by atoms with Gasteiger partial charge in [-0.3, -0.25) is 4.79 Å². The maximum absolute atomic E-state index is 12.8. The van der Waals surface area contributed by atoms with Crippen LogP contribution in [-0.4, -0.2) is 18.1 Å². The lowest BCUT2D eigenvalue weighted by Gasteiger charge is -2.19. The molecule has 17 heavy (non-hydrogen) atoms. The van der Waals surface area contributed by atoms with Gasteiger partial charge >= 0.3 is 0 Å². The van der Waals surface area contributed by atoms with Gasteiger partial charge in [-0.25, -0.2) is 4.39 Å². The third kappa shape index (κ3) is 5.28. The Hall–Kier alpha value is -0.940. The zero-order chi connectivity index (χ0) is 13.1. The first kappa shape index (κ1) is 14.1. The van der Waals surface area contributed by atoms with Gasteiger partial charge in [0.05, 0.1) is 11.3 Å². The molecule has 1 rings (SSSR count). The van der Waals surface area contributed by atoms with E-state index in [9.17, 15) is 9.18 Å². The van der Waals surface area contributed by atoms with Crippen LogP contribution in [0.2, 0.25) is 0 Å². The van der Waals surface area contributed by atoms with Crippen LogP contribution in [0.1, 0.15) is 20.8 Å². The summed E-state index contributed by atoms with van der Waals surface area (Å²) in [5, 5.41) is 2.63. The number of amides is 1. The largest absolute Gasteiger partial charge is 0.366 e. The molecule has 94 valence electrons. The van der Waals surface area contributed by atoms with E-state index in [1.165, 1.54) is 18.2 Å². The molecule has 0 aromatic heterocycles. The summed E-state index contributed by atoms with van der Waals surface area (Å²) in [5.41, 5.74) is 0.158. The van der Waals surface area contributed by atoms with E-state index in [2.05, 4.69) is 21.2 Å².